The summed E-state index contributed by atoms with van der Waals surface area (Å²) in [5, 5.41) is 53.6. The Morgan fingerprint density at radius 2 is 0.464 bits per heavy atom. The van der Waals surface area contributed by atoms with E-state index < -0.39 is 43.6 Å². The molecule has 2 radical (unpaired) electrons. The number of quaternary nitrogens is 3. The van der Waals surface area contributed by atoms with Crippen LogP contribution in [0.5, 0.6) is 0 Å². The third kappa shape index (κ3) is 128. The normalized spacial score (nSPS) is 6.82. The van der Waals surface area contributed by atoms with Gasteiger partial charge in [0.05, 0.1) is 35.8 Å². The topological polar surface area (TPSA) is 437 Å². The molecule has 28 heavy (non-hydrogen) atoms. The summed E-state index contributed by atoms with van der Waals surface area (Å²) in [5.41, 5.74) is 0. The van der Waals surface area contributed by atoms with Crippen molar-refractivity contribution in [2.75, 3.05) is 0 Å². The first-order valence-electron chi connectivity index (χ1n) is 3.93. The van der Waals surface area contributed by atoms with Crippen molar-refractivity contribution in [1.82, 2.24) is 18.5 Å². The summed E-state index contributed by atoms with van der Waals surface area (Å²) in [6, 6.07) is 0. The van der Waals surface area contributed by atoms with Crippen molar-refractivity contribution < 1.29 is 113 Å². The Bertz CT molecular complexity index is 419. The van der Waals surface area contributed by atoms with Crippen LogP contribution in [0.3, 0.4) is 0 Å². The predicted molar refractivity (Wildman–Crippen MR) is 55.6 cm³/mol. The Labute approximate surface area is 175 Å². The molecular weight excluding hydrogens is 513 g/mol. The first kappa shape index (κ1) is 56.2. The van der Waals surface area contributed by atoms with E-state index in [4.69, 9.17) is 78.7 Å². The number of carboxylic acids is 6. The van der Waals surface area contributed by atoms with E-state index in [-0.39, 0.29) is 52.6 Å². The number of carbonyl (C=O) groups is 6. The van der Waals surface area contributed by atoms with Crippen LogP contribution in [0.15, 0.2) is 0 Å². The van der Waals surface area contributed by atoms with Crippen molar-refractivity contribution in [3.8, 4) is 0 Å². The molecule has 0 spiro atoms. The molecule has 0 aromatic rings. The minimum Gasteiger partial charge on any atom is -0.822 e. The molecule has 0 fully saturated rings. The van der Waals surface area contributed by atoms with E-state index in [1.807, 2.05) is 0 Å². The van der Waals surface area contributed by atoms with Crippen LogP contribution in [0.1, 0.15) is 0 Å². The number of carboxylic acid groups (broad SMARTS) is 6. The Balaban J connectivity index is -0.0000000232. The SMILES string of the molecule is O=C([O-])C(=O)[O-].O=C([O-])C(=O)[O-].O=C([O-])C(=O)[O-].O=P([O-])([O-])[O-].[Fe+3].[Fe+3].[NH4+].[NH4+].[NH4+]. The number of aliphatic carboxylic acids is 6. The number of hydrogen-bond acceptors (Lipinski definition) is 16. The van der Waals surface area contributed by atoms with Gasteiger partial charge in [0.2, 0.25) is 0 Å². The van der Waals surface area contributed by atoms with Gasteiger partial charge >= 0.3 is 34.1 Å². The Morgan fingerprint density at radius 1 is 0.429 bits per heavy atom. The van der Waals surface area contributed by atoms with Gasteiger partial charge in [-0.2, -0.15) is 7.82 Å². The first-order valence-corrected chi connectivity index (χ1v) is 5.39. The quantitative estimate of drug-likeness (QED) is 0.150. The van der Waals surface area contributed by atoms with Crippen molar-refractivity contribution in [1.29, 1.82) is 0 Å². The molecular formula is C6H12Fe2N3O16P. The molecule has 0 aliphatic carbocycles. The molecule has 0 unspecified atom stereocenters. The van der Waals surface area contributed by atoms with Gasteiger partial charge in [0.25, 0.3) is 0 Å². The predicted octanol–water partition coefficient (Wildman–Crippen LogP) is -12.2. The maximum atomic E-state index is 8.93. The van der Waals surface area contributed by atoms with Gasteiger partial charge < -0.3 is 97.1 Å². The fourth-order valence-electron chi connectivity index (χ4n) is 0. The summed E-state index contributed by atoms with van der Waals surface area (Å²) in [6.45, 7) is 0. The fourth-order valence-corrected chi connectivity index (χ4v) is 0. The zero-order valence-electron chi connectivity index (χ0n) is 13.7. The fraction of sp³-hybridized carbons (Fsp3) is 0. The van der Waals surface area contributed by atoms with Crippen LogP contribution in [-0.2, 0) is 67.5 Å². The number of carbonyl (C=O) groups excluding carboxylic acids is 6. The maximum absolute atomic E-state index is 8.93. The molecule has 0 rings (SSSR count). The summed E-state index contributed by atoms with van der Waals surface area (Å²) in [4.78, 5) is 79.2. The maximum Gasteiger partial charge on any atom is 3.00 e. The van der Waals surface area contributed by atoms with Crippen LogP contribution in [-0.4, -0.2) is 35.8 Å². The number of hydrogen-bond donors (Lipinski definition) is 3. The van der Waals surface area contributed by atoms with E-state index in [1.165, 1.54) is 0 Å². The van der Waals surface area contributed by atoms with Crippen molar-refractivity contribution in [3.05, 3.63) is 0 Å². The van der Waals surface area contributed by atoms with E-state index >= 15 is 0 Å². The van der Waals surface area contributed by atoms with Gasteiger partial charge in [0.15, 0.2) is 0 Å². The van der Waals surface area contributed by atoms with E-state index in [1.54, 1.807) is 0 Å². The van der Waals surface area contributed by atoms with Crippen molar-refractivity contribution >= 4 is 43.6 Å². The van der Waals surface area contributed by atoms with Gasteiger partial charge in [-0.05, 0) is 0 Å². The number of phosphoric acid groups is 1. The van der Waals surface area contributed by atoms with E-state index in [0.717, 1.165) is 0 Å². The molecule has 0 aliphatic rings. The Morgan fingerprint density at radius 3 is 0.464 bits per heavy atom. The van der Waals surface area contributed by atoms with E-state index in [9.17, 15) is 0 Å². The Hall–Kier alpha value is -2.15. The minimum atomic E-state index is -5.39. The summed E-state index contributed by atoms with van der Waals surface area (Å²) in [6.07, 6.45) is 0. The standard InChI is InChI=1S/3C2H2O4.2Fe.3H3N.H3O4P/c3*3-1(4)2(5)6;;;;;;1-5(2,3)4/h3*(H,3,4)(H,5,6);;;3*1H3;(H3,1,2,3,4)/q;;;2*+3;;;;/p-6. The van der Waals surface area contributed by atoms with Crippen molar-refractivity contribution in [2.24, 2.45) is 0 Å². The smallest absolute Gasteiger partial charge is 0.822 e. The monoisotopic (exact) mass is 525 g/mol. The molecule has 0 bridgehead atoms. The molecule has 22 heteroatoms. The first-order chi connectivity index (χ1) is 9.93. The molecule has 0 saturated carbocycles. The van der Waals surface area contributed by atoms with Crippen LogP contribution in [0.25, 0.3) is 0 Å². The molecule has 168 valence electrons. The molecule has 0 heterocycles. The van der Waals surface area contributed by atoms with Gasteiger partial charge in [-0.15, -0.1) is 0 Å². The summed E-state index contributed by atoms with van der Waals surface area (Å²) < 4.78 is 8.55. The Kier molecular flexibility index (Phi) is 59.4. The molecule has 0 aromatic carbocycles. The van der Waals surface area contributed by atoms with Crippen molar-refractivity contribution in [2.45, 2.75) is 0 Å². The third-order valence-electron chi connectivity index (χ3n) is 0.500. The zero-order chi connectivity index (χ0) is 20.0. The average Bonchev–Trinajstić information content (AvgIpc) is 2.27. The van der Waals surface area contributed by atoms with E-state index in [2.05, 4.69) is 0 Å². The average molecular weight is 525 g/mol. The third-order valence-corrected chi connectivity index (χ3v) is 0.500. The second-order valence-corrected chi connectivity index (χ2v) is 3.07. The van der Waals surface area contributed by atoms with Gasteiger partial charge in [-0.25, -0.2) is 0 Å². The van der Waals surface area contributed by atoms with Gasteiger partial charge in [-0.3, -0.25) is 0 Å². The van der Waals surface area contributed by atoms with Crippen molar-refractivity contribution in [3.63, 3.8) is 0 Å². The van der Waals surface area contributed by atoms with Crippen LogP contribution in [0.2, 0.25) is 0 Å². The molecule has 0 atom stereocenters. The second-order valence-electron chi connectivity index (χ2n) is 2.17. The van der Waals surface area contributed by atoms with Gasteiger partial charge in [0.1, 0.15) is 0 Å². The summed E-state index contributed by atoms with van der Waals surface area (Å²) >= 11 is 0. The van der Waals surface area contributed by atoms with Gasteiger partial charge in [-0.1, -0.05) is 0 Å². The van der Waals surface area contributed by atoms with Crippen LogP contribution in [0.4, 0.5) is 0 Å². The minimum absolute atomic E-state index is 0. The zero-order valence-corrected chi connectivity index (χ0v) is 16.8. The van der Waals surface area contributed by atoms with Crippen LogP contribution >= 0.6 is 7.82 Å². The van der Waals surface area contributed by atoms with Crippen LogP contribution < -0.4 is 63.8 Å². The molecule has 0 aromatic heterocycles. The molecule has 0 aliphatic heterocycles. The summed E-state index contributed by atoms with van der Waals surface area (Å²) in [5.74, 6) is -13.1. The number of rotatable bonds is 0. The molecule has 0 amide bonds. The van der Waals surface area contributed by atoms with Gasteiger partial charge in [0, 0.05) is 0 Å². The molecule has 12 N–H and O–H groups in total. The summed E-state index contributed by atoms with van der Waals surface area (Å²) in [7, 11) is -5.39. The second kappa shape index (κ2) is 29.6. The largest absolute Gasteiger partial charge is 3.00 e. The molecule has 19 nitrogen and oxygen atoms in total. The van der Waals surface area contributed by atoms with Crippen LogP contribution in [0, 0.1) is 0 Å². The van der Waals surface area contributed by atoms with E-state index in [0.29, 0.717) is 0 Å². The molecule has 0 saturated heterocycles.